The van der Waals surface area contributed by atoms with Gasteiger partial charge in [0.05, 0.1) is 24.3 Å². The van der Waals surface area contributed by atoms with Gasteiger partial charge in [-0.15, -0.1) is 0 Å². The smallest absolute Gasteiger partial charge is 0.264 e. The van der Waals surface area contributed by atoms with Crippen LogP contribution in [0, 0.1) is 0 Å². The number of hydrogen-bond donors (Lipinski definition) is 1. The van der Waals surface area contributed by atoms with Crippen LogP contribution in [0.4, 0.5) is 5.69 Å². The van der Waals surface area contributed by atoms with Crippen LogP contribution < -0.4 is 19.1 Å². The Morgan fingerprint density at radius 1 is 0.905 bits per heavy atom. The maximum atomic E-state index is 14.2. The first-order valence-corrected chi connectivity index (χ1v) is 15.7. The molecule has 0 aromatic heterocycles. The van der Waals surface area contributed by atoms with Crippen LogP contribution in [0.3, 0.4) is 0 Å². The van der Waals surface area contributed by atoms with Gasteiger partial charge in [-0.1, -0.05) is 50.6 Å². The van der Waals surface area contributed by atoms with Gasteiger partial charge in [-0.3, -0.25) is 13.9 Å². The molecule has 10 heteroatoms. The zero-order valence-corrected chi connectivity index (χ0v) is 25.6. The van der Waals surface area contributed by atoms with E-state index in [1.807, 2.05) is 32.9 Å². The summed E-state index contributed by atoms with van der Waals surface area (Å²) in [6.45, 7) is 6.27. The van der Waals surface area contributed by atoms with E-state index in [2.05, 4.69) is 5.32 Å². The van der Waals surface area contributed by atoms with Crippen molar-refractivity contribution in [3.8, 4) is 11.5 Å². The molecule has 226 valence electrons. The number of hydrogen-bond acceptors (Lipinski definition) is 6. The van der Waals surface area contributed by atoms with Crippen molar-refractivity contribution < 1.29 is 27.5 Å². The summed E-state index contributed by atoms with van der Waals surface area (Å²) in [5.74, 6) is 0.409. The van der Waals surface area contributed by atoms with Crippen molar-refractivity contribution in [2.24, 2.45) is 0 Å². The van der Waals surface area contributed by atoms with Crippen LogP contribution in [0.25, 0.3) is 0 Å². The number of benzene rings is 3. The maximum absolute atomic E-state index is 14.2. The third-order valence-electron chi connectivity index (χ3n) is 6.75. The molecule has 0 aliphatic rings. The molecule has 1 N–H and O–H groups in total. The summed E-state index contributed by atoms with van der Waals surface area (Å²) >= 11 is 0. The second-order valence-electron chi connectivity index (χ2n) is 9.69. The second kappa shape index (κ2) is 15.8. The van der Waals surface area contributed by atoms with Crippen molar-refractivity contribution in [2.45, 2.75) is 57.5 Å². The van der Waals surface area contributed by atoms with Gasteiger partial charge in [-0.05, 0) is 73.9 Å². The SMILES string of the molecule is CCCCNC(=O)[C@@H](CC)N(Cc1cccc(OC)c1)C(=O)CN(c1ccc(OCC)cc1)S(=O)(=O)c1ccccc1. The molecular weight excluding hydrogens is 554 g/mol. The highest BCUT2D eigenvalue weighted by atomic mass is 32.2. The number of methoxy groups -OCH3 is 1. The summed E-state index contributed by atoms with van der Waals surface area (Å²) < 4.78 is 39.8. The van der Waals surface area contributed by atoms with E-state index in [0.717, 1.165) is 22.7 Å². The van der Waals surface area contributed by atoms with Gasteiger partial charge < -0.3 is 19.7 Å². The average Bonchev–Trinajstić information content (AvgIpc) is 3.01. The first kappa shape index (κ1) is 32.5. The van der Waals surface area contributed by atoms with Crippen molar-refractivity contribution in [1.29, 1.82) is 0 Å². The Balaban J connectivity index is 2.03. The van der Waals surface area contributed by atoms with Crippen LogP contribution in [0.15, 0.2) is 83.8 Å². The van der Waals surface area contributed by atoms with Crippen molar-refractivity contribution in [2.75, 3.05) is 31.1 Å². The fraction of sp³-hybridized carbons (Fsp3) is 0.375. The van der Waals surface area contributed by atoms with Crippen molar-refractivity contribution in [3.63, 3.8) is 0 Å². The zero-order valence-electron chi connectivity index (χ0n) is 24.8. The maximum Gasteiger partial charge on any atom is 0.264 e. The van der Waals surface area contributed by atoms with Gasteiger partial charge in [0.15, 0.2) is 0 Å². The van der Waals surface area contributed by atoms with E-state index in [4.69, 9.17) is 9.47 Å². The molecule has 3 rings (SSSR count). The number of ether oxygens (including phenoxy) is 2. The Morgan fingerprint density at radius 3 is 2.24 bits per heavy atom. The van der Waals surface area contributed by atoms with E-state index < -0.39 is 28.5 Å². The number of sulfonamides is 1. The summed E-state index contributed by atoms with van der Waals surface area (Å²) in [6, 6.07) is 21.0. The first-order valence-electron chi connectivity index (χ1n) is 14.3. The second-order valence-corrected chi connectivity index (χ2v) is 11.6. The molecule has 9 nitrogen and oxygen atoms in total. The number of unbranched alkanes of at least 4 members (excludes halogenated alkanes) is 1. The van der Waals surface area contributed by atoms with E-state index in [-0.39, 0.29) is 17.3 Å². The minimum absolute atomic E-state index is 0.0513. The van der Waals surface area contributed by atoms with Gasteiger partial charge in [-0.2, -0.15) is 0 Å². The molecule has 2 amide bonds. The molecule has 3 aromatic rings. The number of nitrogens with zero attached hydrogens (tertiary/aromatic N) is 2. The van der Waals surface area contributed by atoms with Crippen LogP contribution in [-0.4, -0.2) is 58.0 Å². The van der Waals surface area contributed by atoms with E-state index in [1.165, 1.54) is 17.0 Å². The van der Waals surface area contributed by atoms with Gasteiger partial charge in [0, 0.05) is 13.1 Å². The van der Waals surface area contributed by atoms with Crippen molar-refractivity contribution in [1.82, 2.24) is 10.2 Å². The number of rotatable bonds is 16. The van der Waals surface area contributed by atoms with Crippen LogP contribution in [0.1, 0.15) is 45.6 Å². The average molecular weight is 596 g/mol. The van der Waals surface area contributed by atoms with E-state index in [0.29, 0.717) is 36.8 Å². The molecule has 0 spiro atoms. The molecular formula is C32H41N3O6S. The highest BCUT2D eigenvalue weighted by Gasteiger charge is 2.33. The Hall–Kier alpha value is -4.05. The van der Waals surface area contributed by atoms with Crippen LogP contribution in [0.5, 0.6) is 11.5 Å². The Bertz CT molecular complexity index is 1400. The minimum atomic E-state index is -4.14. The van der Waals surface area contributed by atoms with E-state index in [1.54, 1.807) is 61.7 Å². The minimum Gasteiger partial charge on any atom is -0.497 e. The Kier molecular flexibility index (Phi) is 12.2. The lowest BCUT2D eigenvalue weighted by Crippen LogP contribution is -2.52. The molecule has 0 fully saturated rings. The lowest BCUT2D eigenvalue weighted by atomic mass is 10.1. The van der Waals surface area contributed by atoms with Gasteiger partial charge in [-0.25, -0.2) is 8.42 Å². The number of carbonyl (C=O) groups is 2. The predicted molar refractivity (Wildman–Crippen MR) is 164 cm³/mol. The molecule has 42 heavy (non-hydrogen) atoms. The van der Waals surface area contributed by atoms with Gasteiger partial charge in [0.2, 0.25) is 11.8 Å². The topological polar surface area (TPSA) is 105 Å². The molecule has 0 bridgehead atoms. The summed E-state index contributed by atoms with van der Waals surface area (Å²) in [5, 5.41) is 2.93. The lowest BCUT2D eigenvalue weighted by molar-refractivity contribution is -0.140. The monoisotopic (exact) mass is 595 g/mol. The van der Waals surface area contributed by atoms with Gasteiger partial charge in [0.1, 0.15) is 24.1 Å². The standard InChI is InChI=1S/C32H41N3O6S/c1-5-8-21-33-32(37)30(6-2)34(23-25-13-12-14-28(22-25)40-4)31(36)24-35(26-17-19-27(20-18-26)41-7-3)42(38,39)29-15-10-9-11-16-29/h9-20,22,30H,5-8,21,23-24H2,1-4H3,(H,33,37)/t30-/m1/s1. The molecule has 0 aliphatic carbocycles. The molecule has 0 radical (unpaired) electrons. The molecule has 0 aliphatic heterocycles. The summed E-state index contributed by atoms with van der Waals surface area (Å²) in [6.07, 6.45) is 2.08. The fourth-order valence-electron chi connectivity index (χ4n) is 4.52. The summed E-state index contributed by atoms with van der Waals surface area (Å²) in [4.78, 5) is 29.0. The predicted octanol–water partition coefficient (Wildman–Crippen LogP) is 5.01. The van der Waals surface area contributed by atoms with Crippen molar-refractivity contribution in [3.05, 3.63) is 84.4 Å². The summed E-state index contributed by atoms with van der Waals surface area (Å²) in [5.41, 5.74) is 1.05. The normalized spacial score (nSPS) is 11.8. The number of carbonyl (C=O) groups excluding carboxylic acids is 2. The lowest BCUT2D eigenvalue weighted by Gasteiger charge is -2.33. The Labute approximate surface area is 249 Å². The first-order chi connectivity index (χ1) is 20.2. The molecule has 0 saturated heterocycles. The van der Waals surface area contributed by atoms with Crippen molar-refractivity contribution >= 4 is 27.5 Å². The number of nitrogens with one attached hydrogen (secondary N) is 1. The highest BCUT2D eigenvalue weighted by molar-refractivity contribution is 7.92. The molecule has 3 aromatic carbocycles. The number of amides is 2. The zero-order chi connectivity index (χ0) is 30.5. The van der Waals surface area contributed by atoms with E-state index >= 15 is 0 Å². The van der Waals surface area contributed by atoms with Crippen LogP contribution >= 0.6 is 0 Å². The van der Waals surface area contributed by atoms with E-state index in [9.17, 15) is 18.0 Å². The molecule has 1 atom stereocenters. The molecule has 0 heterocycles. The molecule has 0 unspecified atom stereocenters. The Morgan fingerprint density at radius 2 is 1.62 bits per heavy atom. The van der Waals surface area contributed by atoms with Crippen LogP contribution in [-0.2, 0) is 26.2 Å². The van der Waals surface area contributed by atoms with Gasteiger partial charge in [0.25, 0.3) is 10.0 Å². The third-order valence-corrected chi connectivity index (χ3v) is 8.54. The summed E-state index contributed by atoms with van der Waals surface area (Å²) in [7, 11) is -2.58. The third kappa shape index (κ3) is 8.48. The quantitative estimate of drug-likeness (QED) is 0.234. The number of anilines is 1. The fourth-order valence-corrected chi connectivity index (χ4v) is 5.95. The highest BCUT2D eigenvalue weighted by Crippen LogP contribution is 2.27. The van der Waals surface area contributed by atoms with Gasteiger partial charge >= 0.3 is 0 Å². The largest absolute Gasteiger partial charge is 0.497 e. The van der Waals surface area contributed by atoms with Crippen LogP contribution in [0.2, 0.25) is 0 Å². The molecule has 0 saturated carbocycles.